The SMILES string of the molecule is C#CCN1CCc2cc(Br)sc2C1. The van der Waals surface area contributed by atoms with Crippen LogP contribution in [0.3, 0.4) is 0 Å². The summed E-state index contributed by atoms with van der Waals surface area (Å²) in [5.74, 6) is 2.69. The standard InChI is InChI=1S/C10H10BrNS/c1-2-4-12-5-3-8-6-10(11)13-9(8)7-12/h1,6H,3-5,7H2. The van der Waals surface area contributed by atoms with Gasteiger partial charge in [0.25, 0.3) is 0 Å². The molecule has 13 heavy (non-hydrogen) atoms. The van der Waals surface area contributed by atoms with E-state index in [0.29, 0.717) is 0 Å². The summed E-state index contributed by atoms with van der Waals surface area (Å²) in [6, 6.07) is 2.23. The molecule has 0 saturated heterocycles. The van der Waals surface area contributed by atoms with E-state index in [9.17, 15) is 0 Å². The number of halogens is 1. The van der Waals surface area contributed by atoms with Gasteiger partial charge in [0.05, 0.1) is 10.3 Å². The molecule has 1 aliphatic heterocycles. The van der Waals surface area contributed by atoms with Gasteiger partial charge in [-0.1, -0.05) is 5.92 Å². The zero-order chi connectivity index (χ0) is 9.26. The van der Waals surface area contributed by atoms with E-state index >= 15 is 0 Å². The molecule has 0 fully saturated rings. The van der Waals surface area contributed by atoms with Crippen LogP contribution in [0.15, 0.2) is 9.85 Å². The van der Waals surface area contributed by atoms with Gasteiger partial charge in [-0.2, -0.15) is 0 Å². The van der Waals surface area contributed by atoms with Crippen LogP contribution in [0, 0.1) is 12.3 Å². The molecule has 0 bridgehead atoms. The second-order valence-electron chi connectivity index (χ2n) is 3.16. The van der Waals surface area contributed by atoms with Crippen LogP contribution in [-0.2, 0) is 13.0 Å². The third kappa shape index (κ3) is 1.96. The number of hydrogen-bond acceptors (Lipinski definition) is 2. The van der Waals surface area contributed by atoms with Crippen molar-refractivity contribution in [3.05, 3.63) is 20.3 Å². The van der Waals surface area contributed by atoms with Gasteiger partial charge in [0.2, 0.25) is 0 Å². The molecule has 1 nitrogen and oxygen atoms in total. The number of terminal acetylenes is 1. The molecule has 0 N–H and O–H groups in total. The highest BCUT2D eigenvalue weighted by atomic mass is 79.9. The van der Waals surface area contributed by atoms with Crippen molar-refractivity contribution in [3.8, 4) is 12.3 Å². The summed E-state index contributed by atoms with van der Waals surface area (Å²) < 4.78 is 1.24. The van der Waals surface area contributed by atoms with E-state index in [2.05, 4.69) is 32.8 Å². The minimum absolute atomic E-state index is 0.773. The van der Waals surface area contributed by atoms with Crippen molar-refractivity contribution < 1.29 is 0 Å². The second-order valence-corrected chi connectivity index (χ2v) is 5.68. The average molecular weight is 256 g/mol. The predicted molar refractivity (Wildman–Crippen MR) is 59.8 cm³/mol. The Balaban J connectivity index is 2.15. The average Bonchev–Trinajstić information content (AvgIpc) is 2.44. The first kappa shape index (κ1) is 9.26. The Hall–Kier alpha value is -0.300. The van der Waals surface area contributed by atoms with Crippen LogP contribution in [0.4, 0.5) is 0 Å². The Morgan fingerprint density at radius 3 is 3.31 bits per heavy atom. The zero-order valence-corrected chi connectivity index (χ0v) is 9.62. The first-order chi connectivity index (χ1) is 6.29. The number of nitrogens with zero attached hydrogens (tertiary/aromatic N) is 1. The highest BCUT2D eigenvalue weighted by Crippen LogP contribution is 2.31. The van der Waals surface area contributed by atoms with E-state index in [1.807, 2.05) is 11.3 Å². The van der Waals surface area contributed by atoms with Gasteiger partial charge < -0.3 is 0 Å². The summed E-state index contributed by atoms with van der Waals surface area (Å²) in [6.07, 6.45) is 6.43. The minimum atomic E-state index is 0.773. The monoisotopic (exact) mass is 255 g/mol. The summed E-state index contributed by atoms with van der Waals surface area (Å²) in [5, 5.41) is 0. The van der Waals surface area contributed by atoms with E-state index in [4.69, 9.17) is 6.42 Å². The van der Waals surface area contributed by atoms with Crippen molar-refractivity contribution in [1.29, 1.82) is 0 Å². The smallest absolute Gasteiger partial charge is 0.0704 e. The molecule has 2 rings (SSSR count). The fourth-order valence-electron chi connectivity index (χ4n) is 1.60. The number of thiophene rings is 1. The fraction of sp³-hybridized carbons (Fsp3) is 0.400. The molecule has 2 heterocycles. The second kappa shape index (κ2) is 3.83. The summed E-state index contributed by atoms with van der Waals surface area (Å²) in [7, 11) is 0. The first-order valence-corrected chi connectivity index (χ1v) is 5.83. The lowest BCUT2D eigenvalue weighted by Gasteiger charge is -2.24. The third-order valence-electron chi connectivity index (χ3n) is 2.25. The normalized spacial score (nSPS) is 16.6. The van der Waals surface area contributed by atoms with E-state index in [1.165, 1.54) is 14.2 Å². The summed E-state index contributed by atoms with van der Waals surface area (Å²) >= 11 is 5.34. The van der Waals surface area contributed by atoms with Crippen LogP contribution in [0.1, 0.15) is 10.4 Å². The van der Waals surface area contributed by atoms with Crippen molar-refractivity contribution in [1.82, 2.24) is 4.90 Å². The number of rotatable bonds is 1. The van der Waals surface area contributed by atoms with Crippen molar-refractivity contribution in [2.45, 2.75) is 13.0 Å². The fourth-order valence-corrected chi connectivity index (χ4v) is 3.44. The first-order valence-electron chi connectivity index (χ1n) is 4.22. The summed E-state index contributed by atoms with van der Waals surface area (Å²) in [4.78, 5) is 3.78. The molecule has 0 unspecified atom stereocenters. The molecule has 1 aromatic rings. The summed E-state index contributed by atoms with van der Waals surface area (Å²) in [6.45, 7) is 2.89. The summed E-state index contributed by atoms with van der Waals surface area (Å²) in [5.41, 5.74) is 1.49. The van der Waals surface area contributed by atoms with Gasteiger partial charge in [-0.25, -0.2) is 0 Å². The Labute approximate surface area is 90.9 Å². The topological polar surface area (TPSA) is 3.24 Å². The van der Waals surface area contributed by atoms with Gasteiger partial charge in [-0.3, -0.25) is 4.90 Å². The molecule has 0 amide bonds. The lowest BCUT2D eigenvalue weighted by molar-refractivity contribution is 0.290. The molecule has 0 aliphatic carbocycles. The Bertz CT molecular complexity index is 350. The zero-order valence-electron chi connectivity index (χ0n) is 7.22. The van der Waals surface area contributed by atoms with Crippen LogP contribution in [-0.4, -0.2) is 18.0 Å². The Morgan fingerprint density at radius 2 is 2.54 bits per heavy atom. The molecule has 0 aromatic carbocycles. The minimum Gasteiger partial charge on any atom is -0.287 e. The van der Waals surface area contributed by atoms with Gasteiger partial charge in [-0.05, 0) is 34.0 Å². The van der Waals surface area contributed by atoms with Gasteiger partial charge >= 0.3 is 0 Å². The van der Waals surface area contributed by atoms with E-state index in [1.54, 1.807) is 0 Å². The molecular weight excluding hydrogens is 246 g/mol. The van der Waals surface area contributed by atoms with Gasteiger partial charge in [-0.15, -0.1) is 17.8 Å². The largest absolute Gasteiger partial charge is 0.287 e. The molecular formula is C10H10BrNS. The maximum Gasteiger partial charge on any atom is 0.0704 e. The van der Waals surface area contributed by atoms with Crippen molar-refractivity contribution in [2.24, 2.45) is 0 Å². The van der Waals surface area contributed by atoms with Crippen LogP contribution in [0.2, 0.25) is 0 Å². The van der Waals surface area contributed by atoms with E-state index in [0.717, 1.165) is 26.1 Å². The highest BCUT2D eigenvalue weighted by molar-refractivity contribution is 9.11. The maximum atomic E-state index is 5.29. The third-order valence-corrected chi connectivity index (χ3v) is 3.91. The van der Waals surface area contributed by atoms with Crippen molar-refractivity contribution in [2.75, 3.05) is 13.1 Å². The molecule has 1 aliphatic rings. The van der Waals surface area contributed by atoms with E-state index in [-0.39, 0.29) is 0 Å². The van der Waals surface area contributed by atoms with Crippen molar-refractivity contribution in [3.63, 3.8) is 0 Å². The number of hydrogen-bond donors (Lipinski definition) is 0. The molecule has 0 radical (unpaired) electrons. The highest BCUT2D eigenvalue weighted by Gasteiger charge is 2.17. The molecule has 68 valence electrons. The van der Waals surface area contributed by atoms with Crippen LogP contribution < -0.4 is 0 Å². The molecule has 1 aromatic heterocycles. The Kier molecular flexibility index (Phi) is 2.73. The maximum absolute atomic E-state index is 5.29. The van der Waals surface area contributed by atoms with Crippen LogP contribution in [0.5, 0.6) is 0 Å². The molecule has 0 spiro atoms. The quantitative estimate of drug-likeness (QED) is 0.698. The molecule has 0 atom stereocenters. The lowest BCUT2D eigenvalue weighted by atomic mass is 10.1. The number of fused-ring (bicyclic) bond motifs is 1. The lowest BCUT2D eigenvalue weighted by Crippen LogP contribution is -2.29. The predicted octanol–water partition coefficient (Wildman–Crippen LogP) is 2.50. The Morgan fingerprint density at radius 1 is 1.69 bits per heavy atom. The van der Waals surface area contributed by atoms with E-state index < -0.39 is 0 Å². The van der Waals surface area contributed by atoms with Crippen molar-refractivity contribution >= 4 is 27.3 Å². The van der Waals surface area contributed by atoms with Gasteiger partial charge in [0.15, 0.2) is 0 Å². The van der Waals surface area contributed by atoms with Crippen LogP contribution in [0.25, 0.3) is 0 Å². The molecule has 3 heteroatoms. The molecule has 0 saturated carbocycles. The van der Waals surface area contributed by atoms with Crippen LogP contribution >= 0.6 is 27.3 Å². The van der Waals surface area contributed by atoms with Gasteiger partial charge in [0, 0.05) is 18.0 Å². The van der Waals surface area contributed by atoms with Gasteiger partial charge in [0.1, 0.15) is 0 Å².